The molecule has 4 rings (SSSR count). The molecule has 1 amide bonds. The molecule has 2 aliphatic heterocycles. The molecule has 0 saturated carbocycles. The lowest BCUT2D eigenvalue weighted by Gasteiger charge is -2.29. The summed E-state index contributed by atoms with van der Waals surface area (Å²) in [6, 6.07) is 16.3. The van der Waals surface area contributed by atoms with Gasteiger partial charge >= 0.3 is 0 Å². The molecule has 2 heterocycles. The van der Waals surface area contributed by atoms with Crippen LogP contribution in [0.25, 0.3) is 0 Å². The Labute approximate surface area is 178 Å². The van der Waals surface area contributed by atoms with E-state index in [-0.39, 0.29) is 18.2 Å². The standard InChI is InChI=1S/C24H31N3O3/c1-26-17-23(28)27(16-13-18-3-7-20(29-2)8-4-18)24(26)19-5-9-21(10-6-19)30-22-11-14-25-15-12-22/h3-10,22,24-25H,11-17H2,1-2H3. The SMILES string of the molecule is COc1ccc(CCN2C(=O)CN(C)C2c2ccc(OC3CCNCC3)cc2)cc1. The van der Waals surface area contributed by atoms with Gasteiger partial charge in [0.05, 0.1) is 13.7 Å². The van der Waals surface area contributed by atoms with Crippen LogP contribution in [0.3, 0.4) is 0 Å². The Bertz CT molecular complexity index is 832. The molecular weight excluding hydrogens is 378 g/mol. The molecule has 1 atom stereocenters. The Morgan fingerprint density at radius 1 is 1.00 bits per heavy atom. The summed E-state index contributed by atoms with van der Waals surface area (Å²) in [5.41, 5.74) is 2.32. The van der Waals surface area contributed by atoms with Crippen LogP contribution >= 0.6 is 0 Å². The molecule has 2 fully saturated rings. The number of nitrogens with zero attached hydrogens (tertiary/aromatic N) is 2. The van der Waals surface area contributed by atoms with Crippen molar-refractivity contribution in [2.75, 3.05) is 40.3 Å². The molecule has 6 heteroatoms. The first-order valence-electron chi connectivity index (χ1n) is 10.7. The van der Waals surface area contributed by atoms with Gasteiger partial charge < -0.3 is 19.7 Å². The number of carbonyl (C=O) groups excluding carboxylic acids is 1. The average molecular weight is 410 g/mol. The predicted molar refractivity (Wildman–Crippen MR) is 117 cm³/mol. The van der Waals surface area contributed by atoms with Crippen LogP contribution in [0.2, 0.25) is 0 Å². The van der Waals surface area contributed by atoms with Crippen molar-refractivity contribution >= 4 is 5.91 Å². The van der Waals surface area contributed by atoms with Gasteiger partial charge in [-0.2, -0.15) is 0 Å². The van der Waals surface area contributed by atoms with Gasteiger partial charge in [-0.3, -0.25) is 9.69 Å². The van der Waals surface area contributed by atoms with Gasteiger partial charge in [0.1, 0.15) is 23.8 Å². The number of benzene rings is 2. The number of amides is 1. The fourth-order valence-electron chi connectivity index (χ4n) is 4.31. The number of carbonyl (C=O) groups is 1. The van der Waals surface area contributed by atoms with E-state index in [0.29, 0.717) is 13.1 Å². The highest BCUT2D eigenvalue weighted by atomic mass is 16.5. The van der Waals surface area contributed by atoms with Crippen LogP contribution < -0.4 is 14.8 Å². The largest absolute Gasteiger partial charge is 0.497 e. The van der Waals surface area contributed by atoms with Crippen molar-refractivity contribution in [3.63, 3.8) is 0 Å². The van der Waals surface area contributed by atoms with Gasteiger partial charge in [0, 0.05) is 6.54 Å². The zero-order chi connectivity index (χ0) is 20.9. The molecule has 2 aromatic rings. The highest BCUT2D eigenvalue weighted by molar-refractivity contribution is 5.81. The minimum Gasteiger partial charge on any atom is -0.497 e. The summed E-state index contributed by atoms with van der Waals surface area (Å²) >= 11 is 0. The van der Waals surface area contributed by atoms with E-state index >= 15 is 0 Å². The highest BCUT2D eigenvalue weighted by Gasteiger charge is 2.36. The maximum absolute atomic E-state index is 12.7. The van der Waals surface area contributed by atoms with Crippen molar-refractivity contribution in [2.24, 2.45) is 0 Å². The van der Waals surface area contributed by atoms with Crippen LogP contribution in [0.4, 0.5) is 0 Å². The molecule has 30 heavy (non-hydrogen) atoms. The Hall–Kier alpha value is -2.57. The molecule has 0 spiro atoms. The predicted octanol–water partition coefficient (Wildman–Crippen LogP) is 2.84. The lowest BCUT2D eigenvalue weighted by atomic mass is 10.1. The monoisotopic (exact) mass is 409 g/mol. The second-order valence-electron chi connectivity index (χ2n) is 8.11. The minimum atomic E-state index is -0.0383. The van der Waals surface area contributed by atoms with Gasteiger partial charge in [-0.15, -0.1) is 0 Å². The van der Waals surface area contributed by atoms with Crippen molar-refractivity contribution in [1.29, 1.82) is 0 Å². The van der Waals surface area contributed by atoms with E-state index in [0.717, 1.165) is 49.4 Å². The summed E-state index contributed by atoms with van der Waals surface area (Å²) in [6.07, 6.45) is 3.15. The Balaban J connectivity index is 1.41. The van der Waals surface area contributed by atoms with Gasteiger partial charge in [-0.25, -0.2) is 0 Å². The molecule has 2 saturated heterocycles. The van der Waals surface area contributed by atoms with Crippen LogP contribution in [-0.4, -0.2) is 62.1 Å². The van der Waals surface area contributed by atoms with Crippen LogP contribution in [0.1, 0.15) is 30.1 Å². The van der Waals surface area contributed by atoms with E-state index < -0.39 is 0 Å². The van der Waals surface area contributed by atoms with Crippen LogP contribution in [0.5, 0.6) is 11.5 Å². The molecular formula is C24H31N3O3. The molecule has 1 unspecified atom stereocenters. The summed E-state index contributed by atoms with van der Waals surface area (Å²) in [4.78, 5) is 16.7. The zero-order valence-corrected chi connectivity index (χ0v) is 17.8. The smallest absolute Gasteiger partial charge is 0.238 e. The number of hydrogen-bond acceptors (Lipinski definition) is 5. The number of methoxy groups -OCH3 is 1. The van der Waals surface area contributed by atoms with E-state index in [1.165, 1.54) is 5.56 Å². The summed E-state index contributed by atoms with van der Waals surface area (Å²) in [5.74, 6) is 1.92. The van der Waals surface area contributed by atoms with Crippen LogP contribution in [0.15, 0.2) is 48.5 Å². The van der Waals surface area contributed by atoms with E-state index in [2.05, 4.69) is 34.5 Å². The average Bonchev–Trinajstić information content (AvgIpc) is 3.06. The third kappa shape index (κ3) is 4.77. The summed E-state index contributed by atoms with van der Waals surface area (Å²) in [6.45, 7) is 3.16. The lowest BCUT2D eigenvalue weighted by Crippen LogP contribution is -2.34. The number of ether oxygens (including phenoxy) is 2. The van der Waals surface area contributed by atoms with Crippen LogP contribution in [-0.2, 0) is 11.2 Å². The van der Waals surface area contributed by atoms with E-state index in [1.54, 1.807) is 7.11 Å². The first-order chi connectivity index (χ1) is 14.6. The molecule has 1 N–H and O–H groups in total. The number of nitrogens with one attached hydrogen (secondary N) is 1. The maximum Gasteiger partial charge on any atom is 0.238 e. The van der Waals surface area contributed by atoms with E-state index in [1.807, 2.05) is 36.2 Å². The molecule has 6 nitrogen and oxygen atoms in total. The van der Waals surface area contributed by atoms with Crippen molar-refractivity contribution < 1.29 is 14.3 Å². The van der Waals surface area contributed by atoms with Gasteiger partial charge in [-0.05, 0) is 74.8 Å². The van der Waals surface area contributed by atoms with Crippen molar-refractivity contribution in [3.05, 3.63) is 59.7 Å². The van der Waals surface area contributed by atoms with E-state index in [4.69, 9.17) is 9.47 Å². The molecule has 0 aromatic heterocycles. The zero-order valence-electron chi connectivity index (χ0n) is 17.8. The Kier molecular flexibility index (Phi) is 6.55. The second-order valence-corrected chi connectivity index (χ2v) is 8.11. The Morgan fingerprint density at radius 2 is 1.67 bits per heavy atom. The van der Waals surface area contributed by atoms with Gasteiger partial charge in [-0.1, -0.05) is 24.3 Å². The molecule has 0 aliphatic carbocycles. The summed E-state index contributed by atoms with van der Waals surface area (Å²) < 4.78 is 11.4. The number of hydrogen-bond donors (Lipinski definition) is 1. The van der Waals surface area contributed by atoms with Crippen molar-refractivity contribution in [1.82, 2.24) is 15.1 Å². The number of likely N-dealkylation sites (N-methyl/N-ethyl adjacent to an activating group) is 1. The first kappa shape index (κ1) is 20.7. The van der Waals surface area contributed by atoms with Gasteiger partial charge in [0.25, 0.3) is 0 Å². The highest BCUT2D eigenvalue weighted by Crippen LogP contribution is 2.31. The molecule has 2 aliphatic rings. The molecule has 160 valence electrons. The maximum atomic E-state index is 12.7. The quantitative estimate of drug-likeness (QED) is 0.762. The summed E-state index contributed by atoms with van der Waals surface area (Å²) in [5, 5.41) is 3.36. The van der Waals surface area contributed by atoms with Gasteiger partial charge in [0.2, 0.25) is 5.91 Å². The third-order valence-corrected chi connectivity index (χ3v) is 5.99. The first-order valence-corrected chi connectivity index (χ1v) is 10.7. The fraction of sp³-hybridized carbons (Fsp3) is 0.458. The van der Waals surface area contributed by atoms with E-state index in [9.17, 15) is 4.79 Å². The molecule has 0 radical (unpaired) electrons. The topological polar surface area (TPSA) is 54.0 Å². The molecule has 2 aromatic carbocycles. The third-order valence-electron chi connectivity index (χ3n) is 5.99. The Morgan fingerprint density at radius 3 is 2.33 bits per heavy atom. The molecule has 0 bridgehead atoms. The van der Waals surface area contributed by atoms with Crippen LogP contribution in [0, 0.1) is 0 Å². The second kappa shape index (κ2) is 9.49. The lowest BCUT2D eigenvalue weighted by molar-refractivity contribution is -0.128. The number of piperidine rings is 1. The van der Waals surface area contributed by atoms with Crippen molar-refractivity contribution in [3.8, 4) is 11.5 Å². The minimum absolute atomic E-state index is 0.0383. The van der Waals surface area contributed by atoms with Crippen molar-refractivity contribution in [2.45, 2.75) is 31.5 Å². The van der Waals surface area contributed by atoms with Gasteiger partial charge in [0.15, 0.2) is 0 Å². The fourth-order valence-corrected chi connectivity index (χ4v) is 4.31. The number of rotatable bonds is 7. The summed E-state index contributed by atoms with van der Waals surface area (Å²) in [7, 11) is 3.68. The normalized spacial score (nSPS) is 20.5.